The van der Waals surface area contributed by atoms with Gasteiger partial charge in [0.25, 0.3) is 0 Å². The minimum Gasteiger partial charge on any atom is -0.344 e. The molecule has 0 aliphatic carbocycles. The molecule has 0 spiro atoms. The van der Waals surface area contributed by atoms with Gasteiger partial charge >= 0.3 is 0 Å². The maximum Gasteiger partial charge on any atom is 0.0475 e. The quantitative estimate of drug-likeness (QED) is 0.781. The molecular formula is C17H24N2. The third-order valence-electron chi connectivity index (χ3n) is 3.60. The van der Waals surface area contributed by atoms with Gasteiger partial charge in [-0.25, -0.2) is 0 Å². The Morgan fingerprint density at radius 2 is 1.84 bits per heavy atom. The Hall–Kier alpha value is -1.54. The first-order chi connectivity index (χ1) is 9.22. The Morgan fingerprint density at radius 3 is 2.53 bits per heavy atom. The molecule has 102 valence electrons. The van der Waals surface area contributed by atoms with E-state index in [2.05, 4.69) is 67.1 Å². The van der Waals surface area contributed by atoms with E-state index in [-0.39, 0.29) is 0 Å². The van der Waals surface area contributed by atoms with Crippen LogP contribution in [0.3, 0.4) is 0 Å². The molecule has 0 unspecified atom stereocenters. The molecular weight excluding hydrogens is 232 g/mol. The van der Waals surface area contributed by atoms with E-state index in [1.165, 1.54) is 28.9 Å². The Bertz CT molecular complexity index is 512. The summed E-state index contributed by atoms with van der Waals surface area (Å²) < 4.78 is 2.40. The van der Waals surface area contributed by atoms with Gasteiger partial charge in [-0.1, -0.05) is 37.3 Å². The van der Waals surface area contributed by atoms with Gasteiger partial charge in [0, 0.05) is 24.5 Å². The second-order valence-corrected chi connectivity index (χ2v) is 5.14. The van der Waals surface area contributed by atoms with Crippen molar-refractivity contribution < 1.29 is 0 Å². The molecule has 2 aromatic rings. The van der Waals surface area contributed by atoms with Crippen molar-refractivity contribution in [1.82, 2.24) is 9.88 Å². The maximum absolute atomic E-state index is 3.48. The van der Waals surface area contributed by atoms with Gasteiger partial charge in [0.05, 0.1) is 0 Å². The van der Waals surface area contributed by atoms with Gasteiger partial charge in [-0.3, -0.25) is 0 Å². The van der Waals surface area contributed by atoms with Crippen molar-refractivity contribution in [2.45, 2.75) is 40.3 Å². The summed E-state index contributed by atoms with van der Waals surface area (Å²) in [5.74, 6) is 0. The molecule has 0 atom stereocenters. The summed E-state index contributed by atoms with van der Waals surface area (Å²) in [5.41, 5.74) is 5.50. The highest BCUT2D eigenvalue weighted by Gasteiger charge is 2.08. The largest absolute Gasteiger partial charge is 0.344 e. The number of nitrogens with one attached hydrogen (secondary N) is 1. The Labute approximate surface area is 116 Å². The summed E-state index contributed by atoms with van der Waals surface area (Å²) in [7, 11) is 0. The third-order valence-corrected chi connectivity index (χ3v) is 3.60. The molecule has 0 radical (unpaired) electrons. The zero-order valence-corrected chi connectivity index (χ0v) is 12.2. The van der Waals surface area contributed by atoms with Gasteiger partial charge in [-0.15, -0.1) is 0 Å². The van der Waals surface area contributed by atoms with Crippen molar-refractivity contribution >= 4 is 0 Å². The number of aryl methyl sites for hydroxylation is 1. The summed E-state index contributed by atoms with van der Waals surface area (Å²) in [6, 6.07) is 13.0. The normalized spacial score (nSPS) is 10.9. The van der Waals surface area contributed by atoms with Crippen molar-refractivity contribution in [1.29, 1.82) is 0 Å². The monoisotopic (exact) mass is 256 g/mol. The van der Waals surface area contributed by atoms with Crippen LogP contribution in [0.1, 0.15) is 35.9 Å². The van der Waals surface area contributed by atoms with Crippen molar-refractivity contribution in [3.63, 3.8) is 0 Å². The zero-order chi connectivity index (χ0) is 13.7. The number of benzene rings is 1. The third kappa shape index (κ3) is 3.48. The smallest absolute Gasteiger partial charge is 0.0475 e. The van der Waals surface area contributed by atoms with Gasteiger partial charge in [0.1, 0.15) is 0 Å². The number of nitrogens with zero attached hydrogens (tertiary/aromatic N) is 1. The van der Waals surface area contributed by atoms with E-state index in [1.54, 1.807) is 0 Å². The summed E-state index contributed by atoms with van der Waals surface area (Å²) in [6.07, 6.45) is 1.18. The second kappa shape index (κ2) is 6.58. The first-order valence-electron chi connectivity index (χ1n) is 7.12. The van der Waals surface area contributed by atoms with Gasteiger partial charge in [0.2, 0.25) is 0 Å². The average Bonchev–Trinajstić information content (AvgIpc) is 2.68. The van der Waals surface area contributed by atoms with E-state index < -0.39 is 0 Å². The number of hydrogen-bond acceptors (Lipinski definition) is 1. The van der Waals surface area contributed by atoms with Crippen LogP contribution in [0.25, 0.3) is 0 Å². The lowest BCUT2D eigenvalue weighted by Crippen LogP contribution is -2.14. The summed E-state index contributed by atoms with van der Waals surface area (Å²) >= 11 is 0. The molecule has 0 aliphatic rings. The fraction of sp³-hybridized carbons (Fsp3) is 0.412. The highest BCUT2D eigenvalue weighted by molar-refractivity contribution is 5.28. The van der Waals surface area contributed by atoms with Crippen molar-refractivity contribution in [3.8, 4) is 0 Å². The molecule has 0 saturated carbocycles. The van der Waals surface area contributed by atoms with Crippen LogP contribution in [0.15, 0.2) is 36.4 Å². The van der Waals surface area contributed by atoms with Gasteiger partial charge in [-0.05, 0) is 44.0 Å². The molecule has 0 bridgehead atoms. The lowest BCUT2D eigenvalue weighted by atomic mass is 10.2. The summed E-state index contributed by atoms with van der Waals surface area (Å²) in [4.78, 5) is 0. The molecule has 1 aromatic carbocycles. The zero-order valence-electron chi connectivity index (χ0n) is 12.2. The topological polar surface area (TPSA) is 17.0 Å². The minimum absolute atomic E-state index is 0.965. The predicted molar refractivity (Wildman–Crippen MR) is 81.4 cm³/mol. The van der Waals surface area contributed by atoms with Gasteiger partial charge < -0.3 is 9.88 Å². The Morgan fingerprint density at radius 1 is 1.11 bits per heavy atom. The van der Waals surface area contributed by atoms with Crippen molar-refractivity contribution in [2.75, 3.05) is 6.54 Å². The van der Waals surface area contributed by atoms with E-state index in [0.717, 1.165) is 19.6 Å². The standard InChI is InChI=1S/C17H24N2/c1-4-10-18-12-17-11-14(2)19(15(17)3)13-16-8-6-5-7-9-16/h5-9,11,18H,4,10,12-13H2,1-3H3. The van der Waals surface area contributed by atoms with E-state index in [9.17, 15) is 0 Å². The molecule has 2 rings (SSSR count). The molecule has 2 heteroatoms. The highest BCUT2D eigenvalue weighted by atomic mass is 15.0. The van der Waals surface area contributed by atoms with E-state index in [0.29, 0.717) is 0 Å². The fourth-order valence-electron chi connectivity index (χ4n) is 2.46. The molecule has 1 aromatic heterocycles. The summed E-state index contributed by atoms with van der Waals surface area (Å²) in [5, 5.41) is 3.48. The predicted octanol–water partition coefficient (Wildman–Crippen LogP) is 3.65. The molecule has 2 nitrogen and oxygen atoms in total. The van der Waals surface area contributed by atoms with Crippen LogP contribution in [0.2, 0.25) is 0 Å². The number of rotatable bonds is 6. The first kappa shape index (κ1) is 13.9. The van der Waals surface area contributed by atoms with Crippen LogP contribution < -0.4 is 5.32 Å². The number of hydrogen-bond donors (Lipinski definition) is 1. The first-order valence-corrected chi connectivity index (χ1v) is 7.12. The molecule has 0 saturated heterocycles. The van der Waals surface area contributed by atoms with Gasteiger partial charge in [0.15, 0.2) is 0 Å². The molecule has 1 heterocycles. The lowest BCUT2D eigenvalue weighted by molar-refractivity contribution is 0.667. The Kier molecular flexibility index (Phi) is 4.80. The molecule has 1 N–H and O–H groups in total. The van der Waals surface area contributed by atoms with Crippen molar-refractivity contribution in [3.05, 3.63) is 58.9 Å². The maximum atomic E-state index is 3.48. The summed E-state index contributed by atoms with van der Waals surface area (Å²) in [6.45, 7) is 9.64. The van der Waals surface area contributed by atoms with Gasteiger partial charge in [-0.2, -0.15) is 0 Å². The van der Waals surface area contributed by atoms with Crippen LogP contribution in [0.4, 0.5) is 0 Å². The molecule has 0 aliphatic heterocycles. The van der Waals surface area contributed by atoms with Crippen LogP contribution in [-0.2, 0) is 13.1 Å². The van der Waals surface area contributed by atoms with Crippen molar-refractivity contribution in [2.24, 2.45) is 0 Å². The minimum atomic E-state index is 0.965. The molecule has 0 fully saturated rings. The average molecular weight is 256 g/mol. The van der Waals surface area contributed by atoms with Crippen LogP contribution in [0, 0.1) is 13.8 Å². The van der Waals surface area contributed by atoms with E-state index in [1.807, 2.05) is 0 Å². The second-order valence-electron chi connectivity index (χ2n) is 5.14. The lowest BCUT2D eigenvalue weighted by Gasteiger charge is -2.10. The Balaban J connectivity index is 2.13. The molecule has 19 heavy (non-hydrogen) atoms. The van der Waals surface area contributed by atoms with Crippen LogP contribution in [0.5, 0.6) is 0 Å². The van der Waals surface area contributed by atoms with Crippen LogP contribution in [-0.4, -0.2) is 11.1 Å². The van der Waals surface area contributed by atoms with E-state index in [4.69, 9.17) is 0 Å². The SMILES string of the molecule is CCCNCc1cc(C)n(Cc2ccccc2)c1C. The van der Waals surface area contributed by atoms with E-state index >= 15 is 0 Å². The number of aromatic nitrogens is 1. The van der Waals surface area contributed by atoms with Crippen LogP contribution >= 0.6 is 0 Å². The molecule has 0 amide bonds. The highest BCUT2D eigenvalue weighted by Crippen LogP contribution is 2.17. The fourth-order valence-corrected chi connectivity index (χ4v) is 2.46.